The first-order valence-electron chi connectivity index (χ1n) is 6.13. The van der Waals surface area contributed by atoms with Crippen molar-refractivity contribution in [1.82, 2.24) is 4.98 Å². The molecule has 0 atom stereocenters. The van der Waals surface area contributed by atoms with E-state index in [1.165, 1.54) is 6.07 Å². The van der Waals surface area contributed by atoms with Crippen molar-refractivity contribution >= 4 is 21.4 Å². The third-order valence-electron chi connectivity index (χ3n) is 2.92. The van der Waals surface area contributed by atoms with E-state index >= 15 is 0 Å². The molecule has 6 heteroatoms. The number of rotatable bonds is 3. The van der Waals surface area contributed by atoms with Crippen molar-refractivity contribution in [3.05, 3.63) is 47.3 Å². The molecule has 20 heavy (non-hydrogen) atoms. The third kappa shape index (κ3) is 2.91. The molecule has 1 heterocycles. The summed E-state index contributed by atoms with van der Waals surface area (Å²) in [5, 5.41) is 0. The second kappa shape index (κ2) is 5.13. The van der Waals surface area contributed by atoms with Crippen LogP contribution in [-0.2, 0) is 10.0 Å². The van der Waals surface area contributed by atoms with E-state index in [-0.39, 0.29) is 10.6 Å². The molecule has 0 aliphatic rings. The maximum Gasteiger partial charge on any atom is 0.264 e. The molecule has 0 radical (unpaired) electrons. The number of benzene rings is 1. The number of hydrogen-bond acceptors (Lipinski definition) is 4. The monoisotopic (exact) mass is 291 g/mol. The largest absolute Gasteiger partial charge is 0.398 e. The summed E-state index contributed by atoms with van der Waals surface area (Å²) in [7, 11) is -3.71. The van der Waals surface area contributed by atoms with Crippen molar-refractivity contribution in [3.63, 3.8) is 0 Å². The number of aryl methyl sites for hydroxylation is 3. The summed E-state index contributed by atoms with van der Waals surface area (Å²) < 4.78 is 27.2. The number of hydrogen-bond donors (Lipinski definition) is 2. The van der Waals surface area contributed by atoms with E-state index < -0.39 is 10.0 Å². The van der Waals surface area contributed by atoms with Crippen LogP contribution in [0.15, 0.2) is 35.2 Å². The molecular weight excluding hydrogens is 274 g/mol. The van der Waals surface area contributed by atoms with Crippen LogP contribution in [0.1, 0.15) is 17.0 Å². The van der Waals surface area contributed by atoms with Gasteiger partial charge in [0.2, 0.25) is 0 Å². The number of nitrogens with two attached hydrogens (primary N) is 1. The molecule has 1 aromatic carbocycles. The van der Waals surface area contributed by atoms with Crippen LogP contribution in [0, 0.1) is 20.8 Å². The second-order valence-corrected chi connectivity index (χ2v) is 6.38. The van der Waals surface area contributed by atoms with Gasteiger partial charge < -0.3 is 5.73 Å². The topological polar surface area (TPSA) is 85.1 Å². The zero-order valence-electron chi connectivity index (χ0n) is 11.6. The summed E-state index contributed by atoms with van der Waals surface area (Å²) in [4.78, 5) is 4.30. The van der Waals surface area contributed by atoms with Gasteiger partial charge >= 0.3 is 0 Å². The Morgan fingerprint density at radius 1 is 1.10 bits per heavy atom. The quantitative estimate of drug-likeness (QED) is 0.850. The highest BCUT2D eigenvalue weighted by atomic mass is 32.2. The Labute approximate surface area is 118 Å². The average molecular weight is 291 g/mol. The normalized spacial score (nSPS) is 11.3. The van der Waals surface area contributed by atoms with E-state index in [4.69, 9.17) is 5.73 Å². The Kier molecular flexibility index (Phi) is 3.67. The predicted octanol–water partition coefficient (Wildman–Crippen LogP) is 2.39. The maximum absolute atomic E-state index is 12.4. The smallest absolute Gasteiger partial charge is 0.264 e. The molecule has 0 aliphatic heterocycles. The van der Waals surface area contributed by atoms with Crippen molar-refractivity contribution in [1.29, 1.82) is 0 Å². The molecule has 2 rings (SSSR count). The van der Waals surface area contributed by atoms with Gasteiger partial charge in [-0.2, -0.15) is 0 Å². The number of nitrogen functional groups attached to an aromatic ring is 1. The van der Waals surface area contributed by atoms with Gasteiger partial charge in [0.05, 0.1) is 17.1 Å². The molecule has 2 aromatic rings. The maximum atomic E-state index is 12.4. The van der Waals surface area contributed by atoms with E-state index in [9.17, 15) is 8.42 Å². The van der Waals surface area contributed by atoms with Crippen LogP contribution in [0.2, 0.25) is 0 Å². The van der Waals surface area contributed by atoms with Gasteiger partial charge in [-0.1, -0.05) is 6.07 Å². The van der Waals surface area contributed by atoms with Crippen molar-refractivity contribution in [2.24, 2.45) is 0 Å². The van der Waals surface area contributed by atoms with Crippen LogP contribution in [0.4, 0.5) is 11.4 Å². The summed E-state index contributed by atoms with van der Waals surface area (Å²) in [6.07, 6.45) is 0. The zero-order chi connectivity index (χ0) is 14.9. The summed E-state index contributed by atoms with van der Waals surface area (Å²) in [5.74, 6) is 0. The lowest BCUT2D eigenvalue weighted by molar-refractivity contribution is 0.601. The number of sulfonamides is 1. The van der Waals surface area contributed by atoms with Crippen molar-refractivity contribution < 1.29 is 8.42 Å². The van der Waals surface area contributed by atoms with E-state index in [2.05, 4.69) is 9.71 Å². The van der Waals surface area contributed by atoms with Gasteiger partial charge in [0, 0.05) is 5.69 Å². The summed E-state index contributed by atoms with van der Waals surface area (Å²) in [6, 6.07) is 8.30. The zero-order valence-corrected chi connectivity index (χ0v) is 12.5. The molecule has 0 fully saturated rings. The molecule has 0 unspecified atom stereocenters. The van der Waals surface area contributed by atoms with E-state index in [0.29, 0.717) is 11.4 Å². The number of pyridine rings is 1. The lowest BCUT2D eigenvalue weighted by atomic mass is 10.2. The Balaban J connectivity index is 2.41. The van der Waals surface area contributed by atoms with Crippen LogP contribution in [-0.4, -0.2) is 13.4 Å². The van der Waals surface area contributed by atoms with Crippen molar-refractivity contribution in [3.8, 4) is 0 Å². The average Bonchev–Trinajstić information content (AvgIpc) is 2.32. The Morgan fingerprint density at radius 2 is 1.80 bits per heavy atom. The fourth-order valence-corrected chi connectivity index (χ4v) is 3.14. The van der Waals surface area contributed by atoms with Crippen LogP contribution in [0.5, 0.6) is 0 Å². The van der Waals surface area contributed by atoms with Crippen LogP contribution >= 0.6 is 0 Å². The predicted molar refractivity (Wildman–Crippen MR) is 80.1 cm³/mol. The van der Waals surface area contributed by atoms with Crippen LogP contribution in [0.25, 0.3) is 0 Å². The SMILES string of the molecule is Cc1ccc(S(=O)(=O)Nc2ccc(C)nc2C)c(N)c1. The molecule has 5 nitrogen and oxygen atoms in total. The first kappa shape index (κ1) is 14.3. The van der Waals surface area contributed by atoms with E-state index in [0.717, 1.165) is 11.3 Å². The molecular formula is C14H17N3O2S. The summed E-state index contributed by atoms with van der Waals surface area (Å²) in [6.45, 7) is 5.46. The highest BCUT2D eigenvalue weighted by Gasteiger charge is 2.18. The fraction of sp³-hybridized carbons (Fsp3) is 0.214. The number of aromatic nitrogens is 1. The van der Waals surface area contributed by atoms with Gasteiger partial charge in [-0.3, -0.25) is 9.71 Å². The lowest BCUT2D eigenvalue weighted by Gasteiger charge is -2.12. The third-order valence-corrected chi connectivity index (χ3v) is 4.36. The van der Waals surface area contributed by atoms with Crippen molar-refractivity contribution in [2.45, 2.75) is 25.7 Å². The van der Waals surface area contributed by atoms with E-state index in [1.807, 2.05) is 13.8 Å². The molecule has 3 N–H and O–H groups in total. The number of nitrogens with zero attached hydrogens (tertiary/aromatic N) is 1. The molecule has 106 valence electrons. The molecule has 0 amide bonds. The number of nitrogens with one attached hydrogen (secondary N) is 1. The minimum atomic E-state index is -3.71. The van der Waals surface area contributed by atoms with E-state index in [1.54, 1.807) is 31.2 Å². The van der Waals surface area contributed by atoms with Gasteiger partial charge in [0.25, 0.3) is 10.0 Å². The molecule has 0 spiro atoms. The molecule has 1 aromatic heterocycles. The van der Waals surface area contributed by atoms with Gasteiger partial charge in [-0.15, -0.1) is 0 Å². The summed E-state index contributed by atoms with van der Waals surface area (Å²) in [5.41, 5.74) is 8.84. The molecule has 0 saturated heterocycles. The minimum Gasteiger partial charge on any atom is -0.398 e. The van der Waals surface area contributed by atoms with Gasteiger partial charge in [-0.25, -0.2) is 8.42 Å². The first-order valence-corrected chi connectivity index (χ1v) is 7.61. The van der Waals surface area contributed by atoms with Gasteiger partial charge in [0.15, 0.2) is 0 Å². The van der Waals surface area contributed by atoms with Gasteiger partial charge in [-0.05, 0) is 50.6 Å². The molecule has 0 bridgehead atoms. The standard InChI is InChI=1S/C14H17N3O2S/c1-9-4-7-14(12(15)8-9)20(18,19)17-13-6-5-10(2)16-11(13)3/h4-8,17H,15H2,1-3H3. The Morgan fingerprint density at radius 3 is 2.40 bits per heavy atom. The summed E-state index contributed by atoms with van der Waals surface area (Å²) >= 11 is 0. The highest BCUT2D eigenvalue weighted by molar-refractivity contribution is 7.92. The molecule has 0 saturated carbocycles. The Bertz CT molecular complexity index is 755. The van der Waals surface area contributed by atoms with Crippen LogP contribution in [0.3, 0.4) is 0 Å². The van der Waals surface area contributed by atoms with Crippen LogP contribution < -0.4 is 10.5 Å². The second-order valence-electron chi connectivity index (χ2n) is 4.73. The molecule has 0 aliphatic carbocycles. The Hall–Kier alpha value is -2.08. The fourth-order valence-electron chi connectivity index (χ4n) is 1.91. The minimum absolute atomic E-state index is 0.0723. The first-order chi connectivity index (χ1) is 9.29. The van der Waals surface area contributed by atoms with Gasteiger partial charge in [0.1, 0.15) is 4.90 Å². The van der Waals surface area contributed by atoms with Crippen molar-refractivity contribution in [2.75, 3.05) is 10.5 Å². The number of anilines is 2. The lowest BCUT2D eigenvalue weighted by Crippen LogP contribution is -2.16. The highest BCUT2D eigenvalue weighted by Crippen LogP contribution is 2.23.